The van der Waals surface area contributed by atoms with Gasteiger partial charge in [-0.1, -0.05) is 67.6 Å². The number of benzene rings is 3. The maximum Gasteiger partial charge on any atom is 0.340 e. The molecule has 1 aromatic heterocycles. The fraction of sp³-hybridized carbons (Fsp3) is 0.281. The van der Waals surface area contributed by atoms with E-state index in [1.165, 1.54) is 5.56 Å². The number of hydrogen-bond donors (Lipinski definition) is 1. The van der Waals surface area contributed by atoms with E-state index in [4.69, 9.17) is 9.72 Å². The zero-order valence-corrected chi connectivity index (χ0v) is 22.2. The minimum Gasteiger partial charge on any atom is -0.449 e. The lowest BCUT2D eigenvalue weighted by atomic mass is 9.95. The molecular weight excluding hydrogens is 474 g/mol. The minimum absolute atomic E-state index is 0.326. The van der Waals surface area contributed by atoms with Crippen molar-refractivity contribution in [1.29, 1.82) is 0 Å². The number of nitrogens with one attached hydrogen (secondary N) is 1. The maximum atomic E-state index is 13.8. The molecule has 6 nitrogen and oxygen atoms in total. The summed E-state index contributed by atoms with van der Waals surface area (Å²) < 4.78 is 5.92. The Morgan fingerprint density at radius 3 is 2.55 bits per heavy atom. The Kier molecular flexibility index (Phi) is 7.52. The number of nitrogens with zero attached hydrogens (tertiary/aromatic N) is 2. The molecule has 4 aromatic rings. The number of carbonyl (C=O) groups excluding carboxylic acids is 2. The number of aromatic nitrogens is 1. The van der Waals surface area contributed by atoms with Gasteiger partial charge >= 0.3 is 5.97 Å². The molecule has 0 saturated heterocycles. The van der Waals surface area contributed by atoms with E-state index < -0.39 is 12.1 Å². The summed E-state index contributed by atoms with van der Waals surface area (Å²) in [5, 5.41) is 3.71. The third-order valence-corrected chi connectivity index (χ3v) is 7.35. The summed E-state index contributed by atoms with van der Waals surface area (Å²) in [6.45, 7) is 8.06. The van der Waals surface area contributed by atoms with Crippen molar-refractivity contribution in [2.24, 2.45) is 0 Å². The van der Waals surface area contributed by atoms with Gasteiger partial charge in [-0.3, -0.25) is 14.7 Å². The Morgan fingerprint density at radius 2 is 1.76 bits per heavy atom. The summed E-state index contributed by atoms with van der Waals surface area (Å²) in [4.78, 5) is 34.2. The molecule has 1 unspecified atom stereocenters. The van der Waals surface area contributed by atoms with Crippen LogP contribution in [0.3, 0.4) is 0 Å². The van der Waals surface area contributed by atoms with E-state index in [1.54, 1.807) is 0 Å². The predicted octanol–water partition coefficient (Wildman–Crippen LogP) is 5.98. The van der Waals surface area contributed by atoms with Gasteiger partial charge in [0.1, 0.15) is 0 Å². The highest BCUT2D eigenvalue weighted by Gasteiger charge is 2.29. The Balaban J connectivity index is 1.43. The first-order valence-electron chi connectivity index (χ1n) is 13.2. The number of amides is 1. The molecule has 1 atom stereocenters. The molecule has 0 spiro atoms. The second-order valence-electron chi connectivity index (χ2n) is 9.91. The van der Waals surface area contributed by atoms with Crippen molar-refractivity contribution in [3.63, 3.8) is 0 Å². The van der Waals surface area contributed by atoms with Crippen LogP contribution in [-0.4, -0.2) is 34.4 Å². The number of rotatable bonds is 7. The topological polar surface area (TPSA) is 71.5 Å². The highest BCUT2D eigenvalue weighted by molar-refractivity contribution is 6.06. The van der Waals surface area contributed by atoms with Crippen LogP contribution in [-0.2, 0) is 29.0 Å². The number of para-hydroxylation sites is 1. The SMILES string of the molecule is CCC(OC(=O)c1c2c(nc3ccccc13)CCN(Cc1ccccc1)C2)C(=O)Nc1cccc(C)c1C. The molecule has 0 saturated carbocycles. The fourth-order valence-electron chi connectivity index (χ4n) is 5.07. The molecule has 1 aliphatic heterocycles. The average Bonchev–Trinajstić information content (AvgIpc) is 2.93. The number of esters is 1. The van der Waals surface area contributed by atoms with Crippen LogP contribution < -0.4 is 5.32 Å². The lowest BCUT2D eigenvalue weighted by Gasteiger charge is -2.30. The van der Waals surface area contributed by atoms with Crippen molar-refractivity contribution in [3.05, 3.63) is 106 Å². The third-order valence-electron chi connectivity index (χ3n) is 7.35. The van der Waals surface area contributed by atoms with Gasteiger partial charge in [-0.15, -0.1) is 0 Å². The van der Waals surface area contributed by atoms with Gasteiger partial charge in [-0.25, -0.2) is 4.79 Å². The van der Waals surface area contributed by atoms with Gasteiger partial charge in [0.15, 0.2) is 6.10 Å². The van der Waals surface area contributed by atoms with E-state index in [0.717, 1.165) is 58.5 Å². The van der Waals surface area contributed by atoms with Crippen LogP contribution >= 0.6 is 0 Å². The molecule has 0 radical (unpaired) electrons. The first kappa shape index (κ1) is 25.6. The third kappa shape index (κ3) is 5.31. The molecule has 2 heterocycles. The number of hydrogen-bond acceptors (Lipinski definition) is 5. The zero-order chi connectivity index (χ0) is 26.6. The number of carbonyl (C=O) groups is 2. The molecule has 194 valence electrons. The quantitative estimate of drug-likeness (QED) is 0.312. The number of anilines is 1. The minimum atomic E-state index is -0.908. The van der Waals surface area contributed by atoms with E-state index in [2.05, 4.69) is 22.3 Å². The zero-order valence-electron chi connectivity index (χ0n) is 22.2. The highest BCUT2D eigenvalue weighted by Crippen LogP contribution is 2.30. The second-order valence-corrected chi connectivity index (χ2v) is 9.91. The molecular formula is C32H33N3O3. The van der Waals surface area contributed by atoms with E-state index in [0.29, 0.717) is 18.5 Å². The van der Waals surface area contributed by atoms with Crippen LogP contribution in [0, 0.1) is 13.8 Å². The van der Waals surface area contributed by atoms with Crippen molar-refractivity contribution in [3.8, 4) is 0 Å². The lowest BCUT2D eigenvalue weighted by Crippen LogP contribution is -2.35. The van der Waals surface area contributed by atoms with Crippen LogP contribution in [0.4, 0.5) is 5.69 Å². The van der Waals surface area contributed by atoms with Crippen molar-refractivity contribution >= 4 is 28.5 Å². The second kappa shape index (κ2) is 11.2. The number of ether oxygens (including phenoxy) is 1. The predicted molar refractivity (Wildman–Crippen MR) is 150 cm³/mol. The van der Waals surface area contributed by atoms with Crippen LogP contribution in [0.1, 0.15) is 51.7 Å². The Morgan fingerprint density at radius 1 is 1.00 bits per heavy atom. The van der Waals surface area contributed by atoms with Gasteiger partial charge in [-0.2, -0.15) is 0 Å². The molecule has 0 bridgehead atoms. The van der Waals surface area contributed by atoms with E-state index in [1.807, 2.05) is 81.4 Å². The molecule has 0 fully saturated rings. The Bertz CT molecular complexity index is 1480. The first-order chi connectivity index (χ1) is 18.4. The summed E-state index contributed by atoms with van der Waals surface area (Å²) in [6, 6.07) is 23.8. The normalized spacial score (nSPS) is 14.1. The van der Waals surface area contributed by atoms with Gasteiger partial charge in [-0.05, 0) is 49.1 Å². The molecule has 5 rings (SSSR count). The van der Waals surface area contributed by atoms with Crippen molar-refractivity contribution in [2.75, 3.05) is 11.9 Å². The molecule has 1 N–H and O–H groups in total. The van der Waals surface area contributed by atoms with E-state index >= 15 is 0 Å². The van der Waals surface area contributed by atoms with E-state index in [-0.39, 0.29) is 5.91 Å². The summed E-state index contributed by atoms with van der Waals surface area (Å²) in [6.07, 6.45) is 0.208. The van der Waals surface area contributed by atoms with Crippen LogP contribution in [0.15, 0.2) is 72.8 Å². The monoisotopic (exact) mass is 507 g/mol. The van der Waals surface area contributed by atoms with Crippen molar-refractivity contribution in [1.82, 2.24) is 9.88 Å². The molecule has 1 aliphatic rings. The number of fused-ring (bicyclic) bond motifs is 2. The van der Waals surface area contributed by atoms with Crippen LogP contribution in [0.5, 0.6) is 0 Å². The summed E-state index contributed by atoms with van der Waals surface area (Å²) in [5.41, 5.74) is 7.13. The van der Waals surface area contributed by atoms with Gasteiger partial charge in [0.05, 0.1) is 11.1 Å². The molecule has 38 heavy (non-hydrogen) atoms. The molecule has 6 heteroatoms. The lowest BCUT2D eigenvalue weighted by molar-refractivity contribution is -0.124. The summed E-state index contributed by atoms with van der Waals surface area (Å²) in [7, 11) is 0. The molecule has 0 aliphatic carbocycles. The van der Waals surface area contributed by atoms with Crippen LogP contribution in [0.25, 0.3) is 10.9 Å². The smallest absolute Gasteiger partial charge is 0.340 e. The fourth-order valence-corrected chi connectivity index (χ4v) is 5.07. The Hall–Kier alpha value is -4.03. The summed E-state index contributed by atoms with van der Waals surface area (Å²) in [5.74, 6) is -0.808. The van der Waals surface area contributed by atoms with Gasteiger partial charge in [0, 0.05) is 48.4 Å². The molecule has 1 amide bonds. The van der Waals surface area contributed by atoms with Gasteiger partial charge in [0.25, 0.3) is 5.91 Å². The average molecular weight is 508 g/mol. The van der Waals surface area contributed by atoms with Crippen molar-refractivity contribution in [2.45, 2.75) is 52.8 Å². The largest absolute Gasteiger partial charge is 0.449 e. The van der Waals surface area contributed by atoms with Crippen molar-refractivity contribution < 1.29 is 14.3 Å². The van der Waals surface area contributed by atoms with Gasteiger partial charge < -0.3 is 10.1 Å². The number of aryl methyl sites for hydroxylation is 1. The highest BCUT2D eigenvalue weighted by atomic mass is 16.5. The number of pyridine rings is 1. The van der Waals surface area contributed by atoms with E-state index in [9.17, 15) is 9.59 Å². The van der Waals surface area contributed by atoms with Crippen LogP contribution in [0.2, 0.25) is 0 Å². The molecule has 3 aromatic carbocycles. The Labute approximate surface area is 223 Å². The maximum absolute atomic E-state index is 13.8. The summed E-state index contributed by atoms with van der Waals surface area (Å²) >= 11 is 0. The first-order valence-corrected chi connectivity index (χ1v) is 13.2. The van der Waals surface area contributed by atoms with Gasteiger partial charge in [0.2, 0.25) is 0 Å². The standard InChI is InChI=1S/C32H33N3O3/c1-4-29(31(36)34-26-16-10-11-21(2)22(26)3)38-32(37)30-24-14-8-9-15-27(24)33-28-17-18-35(20-25(28)30)19-23-12-6-5-7-13-23/h5-16,29H,4,17-20H2,1-3H3,(H,34,36).